The Morgan fingerprint density at radius 3 is 2.54 bits per heavy atom. The molecule has 4 rings (SSSR count). The summed E-state index contributed by atoms with van der Waals surface area (Å²) in [6.45, 7) is 3.20. The van der Waals surface area contributed by atoms with E-state index in [-0.39, 0.29) is 11.7 Å². The van der Waals surface area contributed by atoms with E-state index in [2.05, 4.69) is 20.6 Å². The molecule has 2 heterocycles. The zero-order valence-corrected chi connectivity index (χ0v) is 21.7. The van der Waals surface area contributed by atoms with Crippen molar-refractivity contribution in [3.05, 3.63) is 71.5 Å². The van der Waals surface area contributed by atoms with Gasteiger partial charge in [-0.1, -0.05) is 12.1 Å². The van der Waals surface area contributed by atoms with Crippen LogP contribution in [-0.2, 0) is 10.9 Å². The first-order valence-corrected chi connectivity index (χ1v) is 12.3. The fraction of sp³-hybridized carbons (Fsp3) is 0.333. The van der Waals surface area contributed by atoms with Gasteiger partial charge in [-0.3, -0.25) is 9.69 Å². The van der Waals surface area contributed by atoms with Crippen LogP contribution in [0.5, 0.6) is 0 Å². The molecule has 9 nitrogen and oxygen atoms in total. The van der Waals surface area contributed by atoms with Crippen LogP contribution in [0.4, 0.5) is 41.0 Å². The summed E-state index contributed by atoms with van der Waals surface area (Å²) < 4.78 is 44.7. The van der Waals surface area contributed by atoms with Crippen molar-refractivity contribution < 1.29 is 27.5 Å². The van der Waals surface area contributed by atoms with Crippen molar-refractivity contribution in [2.45, 2.75) is 32.0 Å². The number of carbonyl (C=O) groups excluding carboxylic acids is 2. The molecule has 0 saturated carbocycles. The number of rotatable bonds is 7. The average molecular weight is 543 g/mol. The summed E-state index contributed by atoms with van der Waals surface area (Å²) in [5.41, 5.74) is 0.383. The van der Waals surface area contributed by atoms with Crippen LogP contribution in [0, 0.1) is 6.92 Å². The number of amides is 3. The first-order chi connectivity index (χ1) is 18.5. The number of aromatic nitrogens is 2. The smallest absolute Gasteiger partial charge is 0.376 e. The minimum absolute atomic E-state index is 0.138. The van der Waals surface area contributed by atoms with Crippen molar-refractivity contribution >= 4 is 34.9 Å². The van der Waals surface area contributed by atoms with Crippen molar-refractivity contribution in [2.24, 2.45) is 0 Å². The van der Waals surface area contributed by atoms with Crippen molar-refractivity contribution in [3.8, 4) is 0 Å². The summed E-state index contributed by atoms with van der Waals surface area (Å²) in [7, 11) is 3.46. The number of hydrogen-bond donors (Lipinski definition) is 2. The lowest BCUT2D eigenvalue weighted by Gasteiger charge is -2.23. The van der Waals surface area contributed by atoms with Crippen LogP contribution in [0.2, 0.25) is 0 Å². The van der Waals surface area contributed by atoms with E-state index in [1.165, 1.54) is 29.4 Å². The fourth-order valence-corrected chi connectivity index (χ4v) is 4.09. The monoisotopic (exact) mass is 542 g/mol. The molecule has 206 valence electrons. The second-order valence-corrected chi connectivity index (χ2v) is 9.30. The molecular weight excluding hydrogens is 513 g/mol. The predicted molar refractivity (Wildman–Crippen MR) is 142 cm³/mol. The van der Waals surface area contributed by atoms with Crippen molar-refractivity contribution in [1.29, 1.82) is 0 Å². The van der Waals surface area contributed by atoms with E-state index in [0.29, 0.717) is 35.1 Å². The number of hydrogen-bond acceptors (Lipinski definition) is 6. The Kier molecular flexibility index (Phi) is 8.34. The fourth-order valence-electron chi connectivity index (χ4n) is 4.09. The molecule has 3 aromatic rings. The number of halogens is 3. The molecule has 1 aromatic heterocycles. The maximum absolute atomic E-state index is 13.0. The van der Waals surface area contributed by atoms with Crippen molar-refractivity contribution in [1.82, 2.24) is 9.97 Å². The van der Waals surface area contributed by atoms with Crippen molar-refractivity contribution in [3.63, 3.8) is 0 Å². The number of urea groups is 1. The number of benzene rings is 2. The second-order valence-electron chi connectivity index (χ2n) is 9.30. The van der Waals surface area contributed by atoms with Gasteiger partial charge in [0.2, 0.25) is 0 Å². The predicted octanol–water partition coefficient (Wildman–Crippen LogP) is 5.34. The van der Waals surface area contributed by atoms with Gasteiger partial charge in [-0.05, 0) is 55.7 Å². The maximum Gasteiger partial charge on any atom is 0.416 e. The van der Waals surface area contributed by atoms with Crippen LogP contribution in [0.15, 0.2) is 54.9 Å². The molecule has 0 aliphatic carbocycles. The SMILES string of the molecule is Cc1ccc(NC(=O)c2cccc(C(F)(F)F)c2)cc1NC(=O)N(C)c1cc(N(C)CC2CCCO2)ncn1. The zero-order chi connectivity index (χ0) is 28.2. The normalized spacial score (nSPS) is 15.1. The van der Waals surface area contributed by atoms with Gasteiger partial charge in [0.05, 0.1) is 11.7 Å². The molecule has 1 aliphatic heterocycles. The molecule has 1 saturated heterocycles. The van der Waals surface area contributed by atoms with E-state index in [1.54, 1.807) is 32.2 Å². The van der Waals surface area contributed by atoms with Crippen LogP contribution in [-0.4, -0.2) is 55.3 Å². The Hall–Kier alpha value is -4.19. The zero-order valence-electron chi connectivity index (χ0n) is 21.7. The molecule has 1 atom stereocenters. The first-order valence-electron chi connectivity index (χ1n) is 12.3. The molecule has 3 amide bonds. The van der Waals surface area contributed by atoms with E-state index >= 15 is 0 Å². The van der Waals surface area contributed by atoms with Crippen LogP contribution in [0.3, 0.4) is 0 Å². The molecule has 1 fully saturated rings. The highest BCUT2D eigenvalue weighted by molar-refractivity contribution is 6.05. The third kappa shape index (κ3) is 7.02. The van der Waals surface area contributed by atoms with E-state index < -0.39 is 23.7 Å². The summed E-state index contributed by atoms with van der Waals surface area (Å²) in [5, 5.41) is 5.37. The van der Waals surface area contributed by atoms with Crippen LogP contribution >= 0.6 is 0 Å². The average Bonchev–Trinajstić information content (AvgIpc) is 3.42. The highest BCUT2D eigenvalue weighted by Crippen LogP contribution is 2.30. The van der Waals surface area contributed by atoms with E-state index in [1.807, 2.05) is 11.9 Å². The third-order valence-corrected chi connectivity index (χ3v) is 6.37. The van der Waals surface area contributed by atoms with Crippen LogP contribution < -0.4 is 20.4 Å². The minimum Gasteiger partial charge on any atom is -0.376 e. The number of nitrogens with zero attached hydrogens (tertiary/aromatic N) is 4. The van der Waals surface area contributed by atoms with Gasteiger partial charge in [0.1, 0.15) is 18.0 Å². The number of ether oxygens (including phenoxy) is 1. The van der Waals surface area contributed by atoms with Crippen molar-refractivity contribution in [2.75, 3.05) is 47.7 Å². The van der Waals surface area contributed by atoms with Gasteiger partial charge in [-0.2, -0.15) is 13.2 Å². The van der Waals surface area contributed by atoms with Gasteiger partial charge in [0.25, 0.3) is 5.91 Å². The number of alkyl halides is 3. The molecular formula is C27H29F3N6O3. The lowest BCUT2D eigenvalue weighted by molar-refractivity contribution is -0.137. The Labute approximate surface area is 224 Å². The molecule has 0 radical (unpaired) electrons. The molecule has 2 aromatic carbocycles. The Morgan fingerprint density at radius 1 is 1.05 bits per heavy atom. The highest BCUT2D eigenvalue weighted by Gasteiger charge is 2.31. The topological polar surface area (TPSA) is 99.7 Å². The van der Waals surface area contributed by atoms with Gasteiger partial charge in [-0.15, -0.1) is 0 Å². The summed E-state index contributed by atoms with van der Waals surface area (Å²) >= 11 is 0. The molecule has 0 spiro atoms. The Bertz CT molecular complexity index is 1340. The number of likely N-dealkylation sites (N-methyl/N-ethyl adjacent to an activating group) is 1. The van der Waals surface area contributed by atoms with Gasteiger partial charge < -0.3 is 20.3 Å². The number of carbonyl (C=O) groups is 2. The summed E-state index contributed by atoms with van der Waals surface area (Å²) in [4.78, 5) is 37.4. The quantitative estimate of drug-likeness (QED) is 0.418. The van der Waals surface area contributed by atoms with E-state index in [9.17, 15) is 22.8 Å². The Morgan fingerprint density at radius 2 is 1.82 bits per heavy atom. The van der Waals surface area contributed by atoms with Crippen LogP contribution in [0.1, 0.15) is 34.3 Å². The third-order valence-electron chi connectivity index (χ3n) is 6.37. The summed E-state index contributed by atoms with van der Waals surface area (Å²) in [6, 6.07) is 10.2. The standard InChI is InChI=1S/C27H29F3N6O3/c1-17-9-10-20(33-25(37)18-6-4-7-19(12-18)27(28,29)30)13-22(17)34-26(38)36(3)24-14-23(31-16-32-24)35(2)15-21-8-5-11-39-21/h4,6-7,9-10,12-14,16,21H,5,8,11,15H2,1-3H3,(H,33,37)(H,34,38). The van der Waals surface area contributed by atoms with E-state index in [0.717, 1.165) is 31.6 Å². The van der Waals surface area contributed by atoms with Crippen LogP contribution in [0.25, 0.3) is 0 Å². The van der Waals surface area contributed by atoms with E-state index in [4.69, 9.17) is 4.74 Å². The number of aryl methyl sites for hydroxylation is 1. The summed E-state index contributed by atoms with van der Waals surface area (Å²) in [6.07, 6.45) is -1.02. The second kappa shape index (κ2) is 11.7. The molecule has 0 bridgehead atoms. The lowest BCUT2D eigenvalue weighted by atomic mass is 10.1. The molecule has 39 heavy (non-hydrogen) atoms. The van der Waals surface area contributed by atoms with Gasteiger partial charge in [0, 0.05) is 50.3 Å². The maximum atomic E-state index is 13.0. The molecule has 12 heteroatoms. The first kappa shape index (κ1) is 27.8. The van der Waals surface area contributed by atoms with Gasteiger partial charge >= 0.3 is 12.2 Å². The van der Waals surface area contributed by atoms with Gasteiger partial charge in [0.15, 0.2) is 0 Å². The molecule has 1 aliphatic rings. The van der Waals surface area contributed by atoms with Gasteiger partial charge in [-0.25, -0.2) is 14.8 Å². The molecule has 2 N–H and O–H groups in total. The molecule has 1 unspecified atom stereocenters. The lowest BCUT2D eigenvalue weighted by Crippen LogP contribution is -2.33. The minimum atomic E-state index is -4.56. The number of anilines is 4. The highest BCUT2D eigenvalue weighted by atomic mass is 19.4. The Balaban J connectivity index is 1.43. The summed E-state index contributed by atoms with van der Waals surface area (Å²) in [5.74, 6) is 0.314. The largest absolute Gasteiger partial charge is 0.416 e. The number of nitrogens with one attached hydrogen (secondary N) is 2.